The van der Waals surface area contributed by atoms with Gasteiger partial charge in [-0.05, 0) is 77.6 Å². The number of thiazole rings is 1. The molecule has 2 aliphatic carbocycles. The van der Waals surface area contributed by atoms with Crippen molar-refractivity contribution in [1.29, 1.82) is 0 Å². The maximum absolute atomic E-state index is 13.7. The standard InChI is InChI=1S/C29H25FN2O2S2/c30-21-10-7-17(8-11-21)24-25-19-5-6-20(13-19)26(25)35-28-27(24)36-29(34)32(28)15-23(33)31-22-12-9-16-3-1-2-4-18(16)14-22/h1-4,7-12,14,19-20,24-26H,5-6,13,15H2,(H,31,33). The summed E-state index contributed by atoms with van der Waals surface area (Å²) in [5.41, 5.74) is 1.80. The molecule has 1 N–H and O–H groups in total. The summed E-state index contributed by atoms with van der Waals surface area (Å²) in [5, 5.41) is 6.53. The van der Waals surface area contributed by atoms with Gasteiger partial charge >= 0.3 is 4.87 Å². The van der Waals surface area contributed by atoms with Gasteiger partial charge in [-0.2, -0.15) is 0 Å². The van der Waals surface area contributed by atoms with Crippen molar-refractivity contribution in [2.75, 3.05) is 5.32 Å². The molecule has 0 radical (unpaired) electrons. The zero-order valence-corrected chi connectivity index (χ0v) is 21.2. The first-order valence-electron chi connectivity index (χ1n) is 12.5. The summed E-state index contributed by atoms with van der Waals surface area (Å²) in [4.78, 5) is 27.3. The molecule has 1 amide bonds. The van der Waals surface area contributed by atoms with Crippen LogP contribution in [-0.4, -0.2) is 15.7 Å². The summed E-state index contributed by atoms with van der Waals surface area (Å²) < 4.78 is 15.4. The summed E-state index contributed by atoms with van der Waals surface area (Å²) in [6.45, 7) is -0.00782. The number of benzene rings is 3. The van der Waals surface area contributed by atoms with Crippen molar-refractivity contribution in [2.24, 2.45) is 17.8 Å². The summed E-state index contributed by atoms with van der Waals surface area (Å²) in [6, 6.07) is 20.7. The van der Waals surface area contributed by atoms with Gasteiger partial charge in [0.05, 0.1) is 5.03 Å². The molecule has 1 aliphatic heterocycles. The van der Waals surface area contributed by atoms with Crippen molar-refractivity contribution in [1.82, 2.24) is 4.57 Å². The van der Waals surface area contributed by atoms with Gasteiger partial charge in [-0.15, -0.1) is 11.8 Å². The molecule has 3 aromatic carbocycles. The lowest BCUT2D eigenvalue weighted by Crippen LogP contribution is -2.34. The number of aromatic nitrogens is 1. The highest BCUT2D eigenvalue weighted by Gasteiger charge is 2.55. The first kappa shape index (κ1) is 22.3. The first-order valence-corrected chi connectivity index (χ1v) is 14.2. The van der Waals surface area contributed by atoms with E-state index >= 15 is 0 Å². The predicted octanol–water partition coefficient (Wildman–Crippen LogP) is 6.49. The van der Waals surface area contributed by atoms with E-state index in [1.165, 1.54) is 42.7 Å². The van der Waals surface area contributed by atoms with E-state index in [1.54, 1.807) is 4.57 Å². The molecule has 3 aliphatic rings. The van der Waals surface area contributed by atoms with Crippen molar-refractivity contribution in [3.63, 3.8) is 0 Å². The molecule has 2 saturated carbocycles. The Balaban J connectivity index is 1.22. The molecule has 1 aromatic heterocycles. The van der Waals surface area contributed by atoms with Crippen LogP contribution in [0, 0.1) is 23.6 Å². The Morgan fingerprint density at radius 3 is 2.61 bits per heavy atom. The molecule has 4 aromatic rings. The van der Waals surface area contributed by atoms with Gasteiger partial charge < -0.3 is 5.32 Å². The van der Waals surface area contributed by atoms with E-state index < -0.39 is 0 Å². The molecule has 2 bridgehead atoms. The first-order chi connectivity index (χ1) is 17.5. The van der Waals surface area contributed by atoms with E-state index in [2.05, 4.69) is 5.32 Å². The summed E-state index contributed by atoms with van der Waals surface area (Å²) in [6.07, 6.45) is 3.71. The van der Waals surface area contributed by atoms with Crippen molar-refractivity contribution in [3.05, 3.63) is 92.7 Å². The average molecular weight is 517 g/mol. The second-order valence-electron chi connectivity index (χ2n) is 10.3. The van der Waals surface area contributed by atoms with Crippen LogP contribution < -0.4 is 10.2 Å². The van der Waals surface area contributed by atoms with Crippen LogP contribution in [0.2, 0.25) is 0 Å². The number of anilines is 1. The quantitative estimate of drug-likeness (QED) is 0.337. The van der Waals surface area contributed by atoms with Gasteiger partial charge in [0.2, 0.25) is 5.91 Å². The van der Waals surface area contributed by atoms with E-state index in [0.29, 0.717) is 23.0 Å². The topological polar surface area (TPSA) is 51.1 Å². The highest BCUT2D eigenvalue weighted by atomic mass is 32.2. The highest BCUT2D eigenvalue weighted by Crippen LogP contribution is 2.64. The summed E-state index contributed by atoms with van der Waals surface area (Å²) in [5.74, 6) is 1.40. The third-order valence-corrected chi connectivity index (χ3v) is 11.1. The lowest BCUT2D eigenvalue weighted by molar-refractivity contribution is -0.116. The van der Waals surface area contributed by atoms with Gasteiger partial charge in [0.15, 0.2) is 0 Å². The van der Waals surface area contributed by atoms with Gasteiger partial charge in [-0.3, -0.25) is 14.2 Å². The number of halogens is 1. The smallest absolute Gasteiger partial charge is 0.308 e. The van der Waals surface area contributed by atoms with E-state index in [-0.39, 0.29) is 29.1 Å². The van der Waals surface area contributed by atoms with E-state index in [9.17, 15) is 14.0 Å². The Hall–Kier alpha value is -2.90. The third kappa shape index (κ3) is 3.63. The Morgan fingerprint density at radius 1 is 1.00 bits per heavy atom. The molecule has 182 valence electrons. The predicted molar refractivity (Wildman–Crippen MR) is 143 cm³/mol. The van der Waals surface area contributed by atoms with E-state index in [4.69, 9.17) is 0 Å². The van der Waals surface area contributed by atoms with Crippen molar-refractivity contribution in [2.45, 2.75) is 42.0 Å². The minimum Gasteiger partial charge on any atom is -0.325 e. The van der Waals surface area contributed by atoms with Crippen LogP contribution in [0.15, 0.2) is 76.6 Å². The molecule has 0 spiro atoms. The van der Waals surface area contributed by atoms with Crippen LogP contribution in [0.5, 0.6) is 0 Å². The highest BCUT2D eigenvalue weighted by molar-refractivity contribution is 8.00. The lowest BCUT2D eigenvalue weighted by atomic mass is 9.75. The molecule has 7 rings (SSSR count). The number of hydrogen-bond acceptors (Lipinski definition) is 4. The van der Waals surface area contributed by atoms with Crippen LogP contribution in [-0.2, 0) is 11.3 Å². The Labute approximate surface area is 216 Å². The summed E-state index contributed by atoms with van der Waals surface area (Å²) in [7, 11) is 0. The number of amides is 1. The second-order valence-corrected chi connectivity index (χ2v) is 12.4. The number of fused-ring (bicyclic) bond motifs is 7. The largest absolute Gasteiger partial charge is 0.325 e. The minimum atomic E-state index is -0.246. The van der Waals surface area contributed by atoms with Gasteiger partial charge in [-0.1, -0.05) is 53.8 Å². The number of nitrogens with zero attached hydrogens (tertiary/aromatic N) is 1. The van der Waals surface area contributed by atoms with Crippen LogP contribution in [0.3, 0.4) is 0 Å². The fourth-order valence-electron chi connectivity index (χ4n) is 6.74. The SMILES string of the molecule is O=C(Cn1c2c(sc1=O)C(c1ccc(F)cc1)C1C3CCC(C3)C1S2)Nc1ccc2ccccc2c1. The molecule has 0 saturated heterocycles. The zero-order valence-electron chi connectivity index (χ0n) is 19.5. The number of rotatable bonds is 4. The Morgan fingerprint density at radius 2 is 1.78 bits per heavy atom. The second kappa shape index (κ2) is 8.60. The van der Waals surface area contributed by atoms with Crippen LogP contribution in [0.4, 0.5) is 10.1 Å². The monoisotopic (exact) mass is 516 g/mol. The lowest BCUT2D eigenvalue weighted by Gasteiger charge is -2.40. The van der Waals surface area contributed by atoms with Crippen molar-refractivity contribution < 1.29 is 9.18 Å². The van der Waals surface area contributed by atoms with Crippen LogP contribution in [0.25, 0.3) is 10.8 Å². The van der Waals surface area contributed by atoms with Crippen LogP contribution >= 0.6 is 23.1 Å². The molecule has 2 fully saturated rings. The third-order valence-electron chi connectivity index (χ3n) is 8.25. The molecule has 7 heteroatoms. The number of carbonyl (C=O) groups is 1. The van der Waals surface area contributed by atoms with Crippen molar-refractivity contribution in [3.8, 4) is 0 Å². The maximum atomic E-state index is 13.7. The van der Waals surface area contributed by atoms with Gasteiger partial charge in [0.25, 0.3) is 0 Å². The Kier molecular flexibility index (Phi) is 5.33. The average Bonchev–Trinajstić information content (AvgIpc) is 3.58. The molecule has 36 heavy (non-hydrogen) atoms. The minimum absolute atomic E-state index is 0.00782. The Bertz CT molecular complexity index is 1540. The van der Waals surface area contributed by atoms with Gasteiger partial charge in [0, 0.05) is 21.7 Å². The van der Waals surface area contributed by atoms with E-state index in [1.807, 2.05) is 66.4 Å². The number of thioether (sulfide) groups is 1. The fourth-order valence-corrected chi connectivity index (χ4v) is 9.89. The summed E-state index contributed by atoms with van der Waals surface area (Å²) >= 11 is 3.07. The van der Waals surface area contributed by atoms with E-state index in [0.717, 1.165) is 31.9 Å². The number of nitrogens with one attached hydrogen (secondary N) is 1. The normalized spacial score (nSPS) is 26.1. The van der Waals surface area contributed by atoms with Gasteiger partial charge in [0.1, 0.15) is 12.4 Å². The molecule has 5 unspecified atom stereocenters. The maximum Gasteiger partial charge on any atom is 0.308 e. The molecular weight excluding hydrogens is 491 g/mol. The zero-order chi connectivity index (χ0) is 24.4. The number of carbonyl (C=O) groups excluding carboxylic acids is 1. The van der Waals surface area contributed by atoms with Crippen molar-refractivity contribution >= 4 is 45.5 Å². The molecular formula is C29H25FN2O2S2. The fraction of sp³-hybridized carbons (Fsp3) is 0.310. The molecule has 5 atom stereocenters. The van der Waals surface area contributed by atoms with Gasteiger partial charge in [-0.25, -0.2) is 4.39 Å². The number of hydrogen-bond donors (Lipinski definition) is 1. The molecule has 4 nitrogen and oxygen atoms in total. The molecule has 2 heterocycles. The van der Waals surface area contributed by atoms with Crippen LogP contribution in [0.1, 0.15) is 35.6 Å².